The quantitative estimate of drug-likeness (QED) is 0.287. The minimum atomic E-state index is -0.807. The number of amides is 2. The van der Waals surface area contributed by atoms with E-state index in [1.807, 2.05) is 30.5 Å². The number of hydrogen-bond donors (Lipinski definition) is 3. The number of halogens is 1. The molecule has 35 heavy (non-hydrogen) atoms. The molecule has 0 aliphatic heterocycles. The predicted octanol–water partition coefficient (Wildman–Crippen LogP) is 4.37. The number of carbonyl (C=O) groups excluding carboxylic acids is 2. The van der Waals surface area contributed by atoms with Crippen LogP contribution >= 0.6 is 11.6 Å². The Labute approximate surface area is 208 Å². The van der Waals surface area contributed by atoms with Gasteiger partial charge in [0.25, 0.3) is 5.91 Å². The number of rotatable bonds is 10. The highest BCUT2D eigenvalue weighted by molar-refractivity contribution is 6.33. The summed E-state index contributed by atoms with van der Waals surface area (Å²) >= 11 is 6.19. The summed E-state index contributed by atoms with van der Waals surface area (Å²) in [5.74, 6) is 0.682. The summed E-state index contributed by atoms with van der Waals surface area (Å²) < 4.78 is 10.8. The van der Waals surface area contributed by atoms with Crippen LogP contribution in [0, 0.1) is 0 Å². The third-order valence-electron chi connectivity index (χ3n) is 5.57. The van der Waals surface area contributed by atoms with E-state index in [0.717, 1.165) is 22.2 Å². The Hall–Kier alpha value is -3.97. The molecule has 180 valence electrons. The zero-order valence-corrected chi connectivity index (χ0v) is 20.0. The second kappa shape index (κ2) is 11.4. The summed E-state index contributed by atoms with van der Waals surface area (Å²) in [6.07, 6.45) is 2.17. The van der Waals surface area contributed by atoms with E-state index in [1.54, 1.807) is 55.6 Å². The number of aromatic nitrogens is 1. The van der Waals surface area contributed by atoms with E-state index in [2.05, 4.69) is 15.6 Å². The maximum atomic E-state index is 13.1. The van der Waals surface area contributed by atoms with Gasteiger partial charge in [-0.05, 0) is 48.0 Å². The van der Waals surface area contributed by atoms with Gasteiger partial charge >= 0.3 is 0 Å². The molecule has 0 saturated heterocycles. The highest BCUT2D eigenvalue weighted by Gasteiger charge is 2.24. The summed E-state index contributed by atoms with van der Waals surface area (Å²) in [7, 11) is 1.60. The molecule has 0 aliphatic rings. The normalized spacial score (nSPS) is 11.6. The van der Waals surface area contributed by atoms with Crippen LogP contribution in [0.5, 0.6) is 11.5 Å². The summed E-state index contributed by atoms with van der Waals surface area (Å²) in [5, 5.41) is 7.03. The Morgan fingerprint density at radius 2 is 1.69 bits per heavy atom. The van der Waals surface area contributed by atoms with Gasteiger partial charge in [-0.1, -0.05) is 41.9 Å². The standard InChI is InChI=1S/C27H26ClN3O4/c1-34-19-10-12-20(13-11-19)35-15-14-29-27(33)25(31-26(32)22-7-2-4-8-23(22)28)16-18-17-30-24-9-5-3-6-21(18)24/h2-13,17,25,30H,14-16H2,1H3,(H,29,33)(H,31,32)/t25-/m0/s1. The van der Waals surface area contributed by atoms with Gasteiger partial charge in [0, 0.05) is 23.5 Å². The summed E-state index contributed by atoms with van der Waals surface area (Å²) in [5.41, 5.74) is 2.20. The molecule has 0 unspecified atom stereocenters. The summed E-state index contributed by atoms with van der Waals surface area (Å²) in [6.45, 7) is 0.549. The maximum absolute atomic E-state index is 13.1. The molecule has 1 heterocycles. The van der Waals surface area contributed by atoms with E-state index in [-0.39, 0.29) is 19.1 Å². The molecule has 3 aromatic carbocycles. The highest BCUT2D eigenvalue weighted by Crippen LogP contribution is 2.20. The predicted molar refractivity (Wildman–Crippen MR) is 136 cm³/mol. The van der Waals surface area contributed by atoms with Crippen molar-refractivity contribution in [3.8, 4) is 11.5 Å². The largest absolute Gasteiger partial charge is 0.497 e. The van der Waals surface area contributed by atoms with Crippen molar-refractivity contribution in [1.82, 2.24) is 15.6 Å². The Morgan fingerprint density at radius 1 is 0.971 bits per heavy atom. The van der Waals surface area contributed by atoms with Crippen LogP contribution in [-0.4, -0.2) is 43.1 Å². The zero-order chi connectivity index (χ0) is 24.6. The number of hydrogen-bond acceptors (Lipinski definition) is 4. The molecule has 0 bridgehead atoms. The topological polar surface area (TPSA) is 92.4 Å². The zero-order valence-electron chi connectivity index (χ0n) is 19.2. The Balaban J connectivity index is 1.43. The van der Waals surface area contributed by atoms with Crippen molar-refractivity contribution in [2.24, 2.45) is 0 Å². The summed E-state index contributed by atoms with van der Waals surface area (Å²) in [4.78, 5) is 29.2. The number of ether oxygens (including phenoxy) is 2. The molecule has 0 saturated carbocycles. The maximum Gasteiger partial charge on any atom is 0.253 e. The van der Waals surface area contributed by atoms with E-state index in [1.165, 1.54) is 0 Å². The molecule has 0 spiro atoms. The molecule has 4 rings (SSSR count). The molecular formula is C27H26ClN3O4. The third-order valence-corrected chi connectivity index (χ3v) is 5.90. The molecule has 4 aromatic rings. The molecule has 0 fully saturated rings. The molecule has 3 N–H and O–H groups in total. The van der Waals surface area contributed by atoms with E-state index in [4.69, 9.17) is 21.1 Å². The van der Waals surface area contributed by atoms with Crippen molar-refractivity contribution in [1.29, 1.82) is 0 Å². The van der Waals surface area contributed by atoms with Gasteiger partial charge in [0.2, 0.25) is 5.91 Å². The number of aromatic amines is 1. The van der Waals surface area contributed by atoms with Gasteiger partial charge in [0.1, 0.15) is 24.1 Å². The lowest BCUT2D eigenvalue weighted by molar-refractivity contribution is -0.123. The van der Waals surface area contributed by atoms with Gasteiger partial charge in [-0.25, -0.2) is 0 Å². The first-order valence-electron chi connectivity index (χ1n) is 11.2. The second-order valence-electron chi connectivity index (χ2n) is 7.88. The molecule has 7 nitrogen and oxygen atoms in total. The minimum absolute atomic E-state index is 0.274. The number of nitrogens with one attached hydrogen (secondary N) is 3. The van der Waals surface area contributed by atoms with Crippen molar-refractivity contribution >= 4 is 34.3 Å². The minimum Gasteiger partial charge on any atom is -0.497 e. The number of methoxy groups -OCH3 is 1. The molecule has 1 aromatic heterocycles. The van der Waals surface area contributed by atoms with Crippen LogP contribution in [0.2, 0.25) is 5.02 Å². The highest BCUT2D eigenvalue weighted by atomic mass is 35.5. The molecule has 0 aliphatic carbocycles. The van der Waals surface area contributed by atoms with Crippen LogP contribution in [0.25, 0.3) is 10.9 Å². The molecule has 8 heteroatoms. The number of carbonyl (C=O) groups is 2. The van der Waals surface area contributed by atoms with Crippen molar-refractivity contribution < 1.29 is 19.1 Å². The first kappa shape index (κ1) is 24.2. The van der Waals surface area contributed by atoms with Crippen molar-refractivity contribution in [2.75, 3.05) is 20.3 Å². The van der Waals surface area contributed by atoms with E-state index in [9.17, 15) is 9.59 Å². The number of para-hydroxylation sites is 1. The van der Waals surface area contributed by atoms with Crippen LogP contribution in [0.3, 0.4) is 0 Å². The lowest BCUT2D eigenvalue weighted by Crippen LogP contribution is -2.48. The summed E-state index contributed by atoms with van der Waals surface area (Å²) in [6, 6.07) is 21.0. The van der Waals surface area contributed by atoms with Gasteiger partial charge in [0.05, 0.1) is 24.2 Å². The first-order chi connectivity index (χ1) is 17.0. The number of benzene rings is 3. The van der Waals surface area contributed by atoms with Gasteiger partial charge in [0.15, 0.2) is 0 Å². The lowest BCUT2D eigenvalue weighted by Gasteiger charge is -2.19. The van der Waals surface area contributed by atoms with Crippen LogP contribution in [0.1, 0.15) is 15.9 Å². The van der Waals surface area contributed by atoms with Crippen molar-refractivity contribution in [2.45, 2.75) is 12.5 Å². The monoisotopic (exact) mass is 491 g/mol. The van der Waals surface area contributed by atoms with Crippen LogP contribution in [0.4, 0.5) is 0 Å². The fraction of sp³-hybridized carbons (Fsp3) is 0.185. The SMILES string of the molecule is COc1ccc(OCCNC(=O)[C@H](Cc2c[nH]c3ccccc23)NC(=O)c2ccccc2Cl)cc1. The average Bonchev–Trinajstić information content (AvgIpc) is 3.29. The van der Waals surface area contributed by atoms with Crippen LogP contribution in [0.15, 0.2) is 79.0 Å². The molecule has 1 atom stereocenters. The Morgan fingerprint density at radius 3 is 2.46 bits per heavy atom. The smallest absolute Gasteiger partial charge is 0.253 e. The van der Waals surface area contributed by atoms with Crippen molar-refractivity contribution in [3.05, 3.63) is 95.1 Å². The van der Waals surface area contributed by atoms with Crippen LogP contribution in [-0.2, 0) is 11.2 Å². The van der Waals surface area contributed by atoms with E-state index >= 15 is 0 Å². The number of H-pyrrole nitrogens is 1. The Bertz CT molecular complexity index is 1300. The number of fused-ring (bicyclic) bond motifs is 1. The van der Waals surface area contributed by atoms with E-state index < -0.39 is 11.9 Å². The second-order valence-corrected chi connectivity index (χ2v) is 8.29. The molecule has 2 amide bonds. The molecular weight excluding hydrogens is 466 g/mol. The lowest BCUT2D eigenvalue weighted by atomic mass is 10.0. The van der Waals surface area contributed by atoms with Gasteiger partial charge in [-0.3, -0.25) is 9.59 Å². The molecule has 0 radical (unpaired) electrons. The van der Waals surface area contributed by atoms with Crippen LogP contribution < -0.4 is 20.1 Å². The fourth-order valence-corrected chi connectivity index (χ4v) is 3.97. The van der Waals surface area contributed by atoms with E-state index in [0.29, 0.717) is 22.8 Å². The third kappa shape index (κ3) is 6.13. The van der Waals surface area contributed by atoms with Gasteiger partial charge < -0.3 is 25.1 Å². The van der Waals surface area contributed by atoms with Crippen molar-refractivity contribution in [3.63, 3.8) is 0 Å². The first-order valence-corrected chi connectivity index (χ1v) is 11.6. The fourth-order valence-electron chi connectivity index (χ4n) is 3.75. The van der Waals surface area contributed by atoms with Gasteiger partial charge in [-0.15, -0.1) is 0 Å². The van der Waals surface area contributed by atoms with Gasteiger partial charge in [-0.2, -0.15) is 0 Å². The average molecular weight is 492 g/mol. The Kier molecular flexibility index (Phi) is 7.90.